The van der Waals surface area contributed by atoms with Gasteiger partial charge in [0, 0.05) is 29.7 Å². The third-order valence-corrected chi connectivity index (χ3v) is 7.83. The number of amides is 2. The number of ether oxygens (including phenoxy) is 1. The molecule has 1 aliphatic heterocycles. The van der Waals surface area contributed by atoms with Crippen LogP contribution in [0.2, 0.25) is 5.02 Å². The fourth-order valence-electron chi connectivity index (χ4n) is 4.63. The van der Waals surface area contributed by atoms with Gasteiger partial charge in [-0.2, -0.15) is 0 Å². The number of carbonyl (C=O) groups excluding carboxylic acids is 2. The molecular weight excluding hydrogens is 600 g/mol. The molecule has 0 unspecified atom stereocenters. The van der Waals surface area contributed by atoms with Crippen molar-refractivity contribution >= 4 is 39.3 Å². The molecule has 0 aliphatic carbocycles. The van der Waals surface area contributed by atoms with Crippen LogP contribution >= 0.6 is 27.5 Å². The van der Waals surface area contributed by atoms with Gasteiger partial charge in [-0.1, -0.05) is 41.9 Å². The summed E-state index contributed by atoms with van der Waals surface area (Å²) in [7, 11) is 0. The number of nitrogens with zero attached hydrogens (tertiary/aromatic N) is 3. The number of benzene rings is 3. The number of imidazole rings is 1. The average Bonchev–Trinajstić information content (AvgIpc) is 3.28. The summed E-state index contributed by atoms with van der Waals surface area (Å²) in [5, 5.41) is 12.4. The molecule has 9 nitrogen and oxygen atoms in total. The number of aliphatic hydroxyl groups excluding tert-OH is 1. The topological polar surface area (TPSA) is 106 Å². The van der Waals surface area contributed by atoms with Gasteiger partial charge in [-0.15, -0.1) is 0 Å². The van der Waals surface area contributed by atoms with E-state index in [4.69, 9.17) is 21.4 Å². The first-order valence-electron chi connectivity index (χ1n) is 12.6. The maximum Gasteiger partial charge on any atom is 0.333 e. The van der Waals surface area contributed by atoms with Crippen LogP contribution in [0.5, 0.6) is 5.75 Å². The molecule has 5 rings (SSSR count). The second-order valence-corrected chi connectivity index (χ2v) is 10.4. The van der Waals surface area contributed by atoms with Crippen molar-refractivity contribution in [1.82, 2.24) is 19.4 Å². The van der Waals surface area contributed by atoms with Gasteiger partial charge < -0.3 is 20.1 Å². The van der Waals surface area contributed by atoms with Gasteiger partial charge in [-0.05, 0) is 64.0 Å². The highest BCUT2D eigenvalue weighted by Crippen LogP contribution is 2.26. The zero-order valence-corrected chi connectivity index (χ0v) is 23.7. The molecule has 0 fully saturated rings. The molecule has 1 aromatic heterocycles. The first-order chi connectivity index (χ1) is 19.4. The number of fused-ring (bicyclic) bond motifs is 1. The van der Waals surface area contributed by atoms with E-state index in [0.29, 0.717) is 38.7 Å². The largest absolute Gasteiger partial charge is 0.491 e. The standard InChI is InChI=1S/C29H26BrClN4O5/c30-23-11-6-20(16-24(23)31)28(38)33-12-13-34-25(18-33)26(27(37)32-17-19-4-2-1-3-5-19)35(29(34)39)21-7-9-22(10-8-21)40-15-14-36/h1-11,16,36H,12-15,17-18H2,(H,32,37). The van der Waals surface area contributed by atoms with E-state index in [1.54, 1.807) is 51.9 Å². The van der Waals surface area contributed by atoms with Gasteiger partial charge in [-0.3, -0.25) is 18.7 Å². The van der Waals surface area contributed by atoms with Gasteiger partial charge in [0.25, 0.3) is 11.8 Å². The van der Waals surface area contributed by atoms with Crippen LogP contribution in [0.3, 0.4) is 0 Å². The fourth-order valence-corrected chi connectivity index (χ4v) is 5.06. The van der Waals surface area contributed by atoms with Crippen LogP contribution in [0.25, 0.3) is 5.69 Å². The van der Waals surface area contributed by atoms with E-state index >= 15 is 0 Å². The number of aromatic nitrogens is 2. The minimum absolute atomic E-state index is 0.0700. The minimum Gasteiger partial charge on any atom is -0.491 e. The lowest BCUT2D eigenvalue weighted by atomic mass is 10.1. The highest BCUT2D eigenvalue weighted by atomic mass is 79.9. The Hall–Kier alpha value is -3.86. The molecular formula is C29H26BrClN4O5. The zero-order chi connectivity index (χ0) is 28.2. The maximum atomic E-state index is 13.7. The summed E-state index contributed by atoms with van der Waals surface area (Å²) >= 11 is 9.56. The first-order valence-corrected chi connectivity index (χ1v) is 13.8. The molecule has 4 aromatic rings. The second kappa shape index (κ2) is 12.1. The molecule has 0 atom stereocenters. The molecule has 40 heavy (non-hydrogen) atoms. The van der Waals surface area contributed by atoms with E-state index in [9.17, 15) is 14.4 Å². The highest BCUT2D eigenvalue weighted by molar-refractivity contribution is 9.10. The van der Waals surface area contributed by atoms with Crippen molar-refractivity contribution in [2.75, 3.05) is 19.8 Å². The molecule has 0 saturated heterocycles. The Balaban J connectivity index is 1.52. The van der Waals surface area contributed by atoms with Crippen LogP contribution in [0, 0.1) is 0 Å². The third-order valence-electron chi connectivity index (χ3n) is 6.60. The Morgan fingerprint density at radius 3 is 2.48 bits per heavy atom. The zero-order valence-electron chi connectivity index (χ0n) is 21.3. The van der Waals surface area contributed by atoms with Gasteiger partial charge in [-0.25, -0.2) is 4.79 Å². The third kappa shape index (κ3) is 5.70. The molecule has 2 heterocycles. The normalized spacial score (nSPS) is 12.6. The lowest BCUT2D eigenvalue weighted by molar-refractivity contribution is 0.0706. The van der Waals surface area contributed by atoms with Crippen LogP contribution in [0.1, 0.15) is 32.1 Å². The van der Waals surface area contributed by atoms with E-state index in [-0.39, 0.29) is 50.1 Å². The predicted octanol–water partition coefficient (Wildman–Crippen LogP) is 4.01. The molecule has 2 amide bonds. The highest BCUT2D eigenvalue weighted by Gasteiger charge is 2.32. The summed E-state index contributed by atoms with van der Waals surface area (Å²) < 4.78 is 9.04. The summed E-state index contributed by atoms with van der Waals surface area (Å²) in [4.78, 5) is 42.3. The van der Waals surface area contributed by atoms with Crippen molar-refractivity contribution in [3.8, 4) is 11.4 Å². The monoisotopic (exact) mass is 624 g/mol. The summed E-state index contributed by atoms with van der Waals surface area (Å²) in [6, 6.07) is 21.2. The molecule has 0 radical (unpaired) electrons. The van der Waals surface area contributed by atoms with E-state index in [2.05, 4.69) is 21.2 Å². The number of hydrogen-bond donors (Lipinski definition) is 2. The maximum absolute atomic E-state index is 13.7. The van der Waals surface area contributed by atoms with Crippen molar-refractivity contribution in [1.29, 1.82) is 0 Å². The van der Waals surface area contributed by atoms with Gasteiger partial charge in [0.2, 0.25) is 0 Å². The van der Waals surface area contributed by atoms with Gasteiger partial charge in [0.1, 0.15) is 18.1 Å². The van der Waals surface area contributed by atoms with Gasteiger partial charge in [0.15, 0.2) is 0 Å². The van der Waals surface area contributed by atoms with Crippen LogP contribution in [0.4, 0.5) is 0 Å². The van der Waals surface area contributed by atoms with Crippen molar-refractivity contribution < 1.29 is 19.4 Å². The molecule has 206 valence electrons. The van der Waals surface area contributed by atoms with E-state index in [1.165, 1.54) is 4.57 Å². The number of nitrogens with one attached hydrogen (secondary N) is 1. The molecule has 0 bridgehead atoms. The van der Waals surface area contributed by atoms with E-state index in [0.717, 1.165) is 5.56 Å². The van der Waals surface area contributed by atoms with Crippen LogP contribution in [-0.4, -0.2) is 50.7 Å². The number of carbonyl (C=O) groups is 2. The number of rotatable bonds is 8. The summed E-state index contributed by atoms with van der Waals surface area (Å²) in [6.07, 6.45) is 0. The Kier molecular flexibility index (Phi) is 8.39. The van der Waals surface area contributed by atoms with E-state index in [1.807, 2.05) is 30.3 Å². The minimum atomic E-state index is -0.434. The van der Waals surface area contributed by atoms with E-state index < -0.39 is 5.91 Å². The molecule has 3 aromatic carbocycles. The first kappa shape index (κ1) is 27.7. The fraction of sp³-hybridized carbons (Fsp3) is 0.207. The lowest BCUT2D eigenvalue weighted by Crippen LogP contribution is -2.41. The summed E-state index contributed by atoms with van der Waals surface area (Å²) in [6.45, 7) is 0.879. The molecule has 1 aliphatic rings. The number of halogens is 2. The van der Waals surface area contributed by atoms with Crippen molar-refractivity contribution in [2.24, 2.45) is 0 Å². The summed E-state index contributed by atoms with van der Waals surface area (Å²) in [5.74, 6) is -0.159. The molecule has 2 N–H and O–H groups in total. The Bertz CT molecular complexity index is 1600. The molecule has 0 spiro atoms. The molecule has 0 saturated carbocycles. The van der Waals surface area contributed by atoms with Crippen LogP contribution in [-0.2, 0) is 19.6 Å². The quantitative estimate of drug-likeness (QED) is 0.308. The Labute approximate surface area is 243 Å². The van der Waals surface area contributed by atoms with Crippen molar-refractivity contribution in [2.45, 2.75) is 19.6 Å². The predicted molar refractivity (Wildman–Crippen MR) is 154 cm³/mol. The smallest absolute Gasteiger partial charge is 0.333 e. The van der Waals surface area contributed by atoms with Crippen molar-refractivity contribution in [3.63, 3.8) is 0 Å². The number of aliphatic hydroxyl groups is 1. The lowest BCUT2D eigenvalue weighted by Gasteiger charge is -2.28. The van der Waals surface area contributed by atoms with Crippen LogP contribution < -0.4 is 15.7 Å². The number of hydrogen-bond acceptors (Lipinski definition) is 5. The summed E-state index contributed by atoms with van der Waals surface area (Å²) in [5.41, 5.74) is 2.03. The molecule has 11 heteroatoms. The SMILES string of the molecule is O=C(NCc1ccccc1)c1c2n(c(=O)n1-c1ccc(OCCO)cc1)CCN(C(=O)c1ccc(Br)c(Cl)c1)C2. The average molecular weight is 626 g/mol. The van der Waals surface area contributed by atoms with Gasteiger partial charge in [0.05, 0.1) is 29.6 Å². The Morgan fingerprint density at radius 1 is 1.02 bits per heavy atom. The van der Waals surface area contributed by atoms with Crippen molar-refractivity contribution in [3.05, 3.63) is 115 Å². The second-order valence-electron chi connectivity index (χ2n) is 9.15. The van der Waals surface area contributed by atoms with Crippen LogP contribution in [0.15, 0.2) is 82.1 Å². The van der Waals surface area contributed by atoms with Gasteiger partial charge >= 0.3 is 5.69 Å². The Morgan fingerprint density at radius 2 is 1.77 bits per heavy atom.